The van der Waals surface area contributed by atoms with Gasteiger partial charge in [0.15, 0.2) is 0 Å². The van der Waals surface area contributed by atoms with Gasteiger partial charge >= 0.3 is 0 Å². The second-order valence-corrected chi connectivity index (χ2v) is 11.3. The van der Waals surface area contributed by atoms with Gasteiger partial charge in [-0.25, -0.2) is 4.98 Å². The smallest absolute Gasteiger partial charge is 0.253 e. The Labute approximate surface area is 200 Å². The zero-order valence-corrected chi connectivity index (χ0v) is 20.4. The fourth-order valence-corrected chi connectivity index (χ4v) is 6.50. The molecule has 3 aliphatic rings. The van der Waals surface area contributed by atoms with E-state index in [4.69, 9.17) is 22.3 Å². The number of aliphatic hydroxyl groups is 1. The summed E-state index contributed by atoms with van der Waals surface area (Å²) in [5, 5.41) is 15.0. The lowest BCUT2D eigenvalue weighted by Crippen LogP contribution is -2.54. The lowest BCUT2D eigenvalue weighted by atomic mass is 9.79. The number of hydrogen-bond acceptors (Lipinski definition) is 5. The number of nitrogens with two attached hydrogens (primary N) is 1. The Morgan fingerprint density at radius 1 is 1.27 bits per heavy atom. The minimum absolute atomic E-state index is 0.232. The van der Waals surface area contributed by atoms with Crippen LogP contribution in [0.5, 0.6) is 0 Å². The number of amides is 1. The van der Waals surface area contributed by atoms with Gasteiger partial charge in [0.05, 0.1) is 27.4 Å². The Kier molecular flexibility index (Phi) is 5.82. The predicted octanol–water partition coefficient (Wildman–Crippen LogP) is 4.47. The average molecular weight is 471 g/mol. The average Bonchev–Trinajstić information content (AvgIpc) is 3.54. The van der Waals surface area contributed by atoms with E-state index in [0.29, 0.717) is 40.6 Å². The molecule has 0 spiro atoms. The first-order valence-electron chi connectivity index (χ1n) is 12.3. The molecule has 0 radical (unpaired) electrons. The molecule has 6 nitrogen and oxygen atoms in total. The highest BCUT2D eigenvalue weighted by Crippen LogP contribution is 2.48. The highest BCUT2D eigenvalue weighted by Gasteiger charge is 2.49. The number of nitrogens with zero attached hydrogens (tertiary/aromatic N) is 2. The van der Waals surface area contributed by atoms with Gasteiger partial charge in [-0.3, -0.25) is 4.79 Å². The number of hydrogen-bond donors (Lipinski definition) is 3. The molecule has 7 heteroatoms. The molecule has 1 aromatic carbocycles. The van der Waals surface area contributed by atoms with Crippen LogP contribution in [-0.2, 0) is 0 Å². The number of carbonyl (C=O) groups is 1. The molecule has 4 atom stereocenters. The van der Waals surface area contributed by atoms with Gasteiger partial charge in [0.2, 0.25) is 0 Å². The molecule has 1 amide bonds. The molecule has 3 fully saturated rings. The molecule has 5 rings (SSSR count). The van der Waals surface area contributed by atoms with Crippen molar-refractivity contribution in [3.05, 3.63) is 34.9 Å². The Morgan fingerprint density at radius 2 is 2.06 bits per heavy atom. The van der Waals surface area contributed by atoms with E-state index < -0.39 is 11.3 Å². The van der Waals surface area contributed by atoms with E-state index in [1.54, 1.807) is 6.07 Å². The van der Waals surface area contributed by atoms with Gasteiger partial charge in [0.25, 0.3) is 5.91 Å². The molecule has 4 N–H and O–H groups in total. The normalized spacial score (nSPS) is 32.3. The van der Waals surface area contributed by atoms with Crippen molar-refractivity contribution in [3.8, 4) is 0 Å². The topological polar surface area (TPSA) is 91.5 Å². The molecular formula is C26H35ClN4O2. The Morgan fingerprint density at radius 3 is 2.79 bits per heavy atom. The first-order chi connectivity index (χ1) is 15.7. The van der Waals surface area contributed by atoms with Crippen molar-refractivity contribution in [3.63, 3.8) is 0 Å². The van der Waals surface area contributed by atoms with Gasteiger partial charge in [-0.2, -0.15) is 0 Å². The summed E-state index contributed by atoms with van der Waals surface area (Å²) in [6.45, 7) is 5.39. The van der Waals surface area contributed by atoms with Crippen LogP contribution in [0.15, 0.2) is 24.3 Å². The zero-order chi connectivity index (χ0) is 23.4. The minimum atomic E-state index is -0.852. The summed E-state index contributed by atoms with van der Waals surface area (Å²) in [6, 6.07) is 7.46. The Balaban J connectivity index is 1.38. The number of anilines is 1. The Bertz CT molecular complexity index is 1070. The van der Waals surface area contributed by atoms with Crippen LogP contribution in [0.1, 0.15) is 69.2 Å². The zero-order valence-electron chi connectivity index (χ0n) is 19.6. The van der Waals surface area contributed by atoms with Crippen LogP contribution >= 0.6 is 11.6 Å². The van der Waals surface area contributed by atoms with E-state index >= 15 is 0 Å². The standard InChI is InChI=1S/C26H35ClN4O2/c1-16-4-3-12-26(33,14-16)15-29-24(32)23-18-7-10-22(30-21(18)9-8-20(23)27)31-13-11-19(17-5-6-17)25(31,2)28/h7-10,16-17,19,33H,3-6,11-15,28H2,1-2H3,(H,29,32)/t16-,19?,25?,26-/m1/s1. The largest absolute Gasteiger partial charge is 0.388 e. The van der Waals surface area contributed by atoms with Gasteiger partial charge in [0.1, 0.15) is 5.82 Å². The maximum atomic E-state index is 13.2. The van der Waals surface area contributed by atoms with Crippen LogP contribution in [-0.4, -0.2) is 40.4 Å². The number of pyridine rings is 1. The number of nitrogens with one attached hydrogen (secondary N) is 1. The minimum Gasteiger partial charge on any atom is -0.388 e. The fourth-order valence-electron chi connectivity index (χ4n) is 6.25. The van der Waals surface area contributed by atoms with E-state index in [1.165, 1.54) is 12.8 Å². The van der Waals surface area contributed by atoms with Crippen molar-refractivity contribution < 1.29 is 9.90 Å². The van der Waals surface area contributed by atoms with Crippen molar-refractivity contribution in [2.24, 2.45) is 23.5 Å². The maximum absolute atomic E-state index is 13.2. The SMILES string of the molecule is C[C@@H]1CCC[C@](O)(CNC(=O)c2c(Cl)ccc3nc(N4CCC(C5CC5)C4(C)N)ccc23)C1. The van der Waals surface area contributed by atoms with Crippen LogP contribution in [0.2, 0.25) is 5.02 Å². The summed E-state index contributed by atoms with van der Waals surface area (Å²) in [4.78, 5) is 20.2. The van der Waals surface area contributed by atoms with Crippen molar-refractivity contribution in [2.75, 3.05) is 18.0 Å². The number of halogens is 1. The van der Waals surface area contributed by atoms with Crippen LogP contribution in [0, 0.1) is 17.8 Å². The first kappa shape index (κ1) is 22.9. The van der Waals surface area contributed by atoms with Gasteiger partial charge in [-0.1, -0.05) is 31.4 Å². The molecule has 2 saturated carbocycles. The van der Waals surface area contributed by atoms with E-state index in [0.717, 1.165) is 43.1 Å². The maximum Gasteiger partial charge on any atom is 0.253 e. The molecule has 2 aliphatic carbocycles. The molecular weight excluding hydrogens is 436 g/mol. The van der Waals surface area contributed by atoms with Crippen LogP contribution < -0.4 is 16.0 Å². The van der Waals surface area contributed by atoms with Crippen molar-refractivity contribution >= 4 is 34.2 Å². The van der Waals surface area contributed by atoms with E-state index in [9.17, 15) is 9.90 Å². The van der Waals surface area contributed by atoms with E-state index in [1.807, 2.05) is 18.2 Å². The molecule has 0 bridgehead atoms. The van der Waals surface area contributed by atoms with Crippen molar-refractivity contribution in [1.82, 2.24) is 10.3 Å². The molecule has 1 saturated heterocycles. The van der Waals surface area contributed by atoms with Crippen LogP contribution in [0.4, 0.5) is 5.82 Å². The van der Waals surface area contributed by atoms with Gasteiger partial charge in [0, 0.05) is 18.5 Å². The van der Waals surface area contributed by atoms with E-state index in [2.05, 4.69) is 24.1 Å². The number of fused-ring (bicyclic) bond motifs is 1. The lowest BCUT2D eigenvalue weighted by Gasteiger charge is -2.37. The molecule has 2 aromatic rings. The second kappa shape index (κ2) is 8.40. The van der Waals surface area contributed by atoms with Crippen LogP contribution in [0.25, 0.3) is 10.9 Å². The molecule has 2 unspecified atom stereocenters. The monoisotopic (exact) mass is 470 g/mol. The quantitative estimate of drug-likeness (QED) is 0.599. The second-order valence-electron chi connectivity index (χ2n) is 10.9. The summed E-state index contributed by atoms with van der Waals surface area (Å²) in [6.07, 6.45) is 7.17. The summed E-state index contributed by atoms with van der Waals surface area (Å²) in [5.74, 6) is 2.26. The third kappa shape index (κ3) is 4.33. The number of aromatic nitrogens is 1. The molecule has 1 aliphatic heterocycles. The highest BCUT2D eigenvalue weighted by atomic mass is 35.5. The first-order valence-corrected chi connectivity index (χ1v) is 12.7. The fraction of sp³-hybridized carbons (Fsp3) is 0.615. The van der Waals surface area contributed by atoms with Crippen molar-refractivity contribution in [2.45, 2.75) is 70.1 Å². The van der Waals surface area contributed by atoms with Gasteiger partial charge in [-0.15, -0.1) is 0 Å². The van der Waals surface area contributed by atoms with Gasteiger partial charge in [-0.05, 0) is 81.0 Å². The molecule has 1 aromatic heterocycles. The highest BCUT2D eigenvalue weighted by molar-refractivity contribution is 6.35. The molecule has 33 heavy (non-hydrogen) atoms. The number of carbonyl (C=O) groups excluding carboxylic acids is 1. The number of rotatable bonds is 5. The lowest BCUT2D eigenvalue weighted by molar-refractivity contribution is -0.0109. The number of benzene rings is 1. The van der Waals surface area contributed by atoms with E-state index in [-0.39, 0.29) is 12.5 Å². The van der Waals surface area contributed by atoms with Crippen LogP contribution in [0.3, 0.4) is 0 Å². The summed E-state index contributed by atoms with van der Waals surface area (Å²) < 4.78 is 0. The summed E-state index contributed by atoms with van der Waals surface area (Å²) >= 11 is 6.47. The summed E-state index contributed by atoms with van der Waals surface area (Å²) in [5.41, 5.74) is 6.66. The molecule has 2 heterocycles. The van der Waals surface area contributed by atoms with Crippen molar-refractivity contribution in [1.29, 1.82) is 0 Å². The molecule has 178 valence electrons. The third-order valence-corrected chi connectivity index (χ3v) is 8.46. The van der Waals surface area contributed by atoms with Gasteiger partial charge < -0.3 is 21.1 Å². The predicted molar refractivity (Wildman–Crippen MR) is 132 cm³/mol. The third-order valence-electron chi connectivity index (χ3n) is 8.14. The Hall–Kier alpha value is -1.89. The summed E-state index contributed by atoms with van der Waals surface area (Å²) in [7, 11) is 0.